The largest absolute Gasteiger partial charge is 0.365 e. The second-order valence-electron chi connectivity index (χ2n) is 3.29. The number of carbonyl (C=O) groups excluding carboxylic acids is 1. The molecule has 0 radical (unpaired) electrons. The Kier molecular flexibility index (Phi) is 2.19. The highest BCUT2D eigenvalue weighted by molar-refractivity contribution is 5.96. The van der Waals surface area contributed by atoms with E-state index in [4.69, 9.17) is 9.47 Å². The van der Waals surface area contributed by atoms with Crippen molar-refractivity contribution in [1.29, 1.82) is 0 Å². The van der Waals surface area contributed by atoms with Crippen molar-refractivity contribution in [3.05, 3.63) is 12.2 Å². The maximum absolute atomic E-state index is 11.5. The van der Waals surface area contributed by atoms with Crippen molar-refractivity contribution < 1.29 is 19.4 Å². The average Bonchev–Trinajstić information content (AvgIpc) is 2.14. The van der Waals surface area contributed by atoms with Gasteiger partial charge in [0.15, 0.2) is 6.29 Å². The molecule has 72 valence electrons. The van der Waals surface area contributed by atoms with Crippen molar-refractivity contribution in [2.45, 2.75) is 31.3 Å². The van der Waals surface area contributed by atoms with E-state index >= 15 is 0 Å². The summed E-state index contributed by atoms with van der Waals surface area (Å²) in [6.07, 6.45) is 4.01. The van der Waals surface area contributed by atoms with Crippen LogP contribution in [-0.2, 0) is 14.3 Å². The highest BCUT2D eigenvalue weighted by atomic mass is 16.7. The minimum Gasteiger partial charge on any atom is -0.365 e. The summed E-state index contributed by atoms with van der Waals surface area (Å²) in [4.78, 5) is 11.5. The first kappa shape index (κ1) is 8.87. The van der Waals surface area contributed by atoms with E-state index in [9.17, 15) is 9.90 Å². The molecular weight excluding hydrogens is 172 g/mol. The Hall–Kier alpha value is -0.710. The monoisotopic (exact) mass is 184 g/mol. The summed E-state index contributed by atoms with van der Waals surface area (Å²) in [6.45, 7) is 0.520. The summed E-state index contributed by atoms with van der Waals surface area (Å²) in [5.41, 5.74) is 0. The maximum atomic E-state index is 11.5. The number of aliphatic hydroxyl groups excluding tert-OH is 1. The van der Waals surface area contributed by atoms with Gasteiger partial charge in [-0.15, -0.1) is 0 Å². The lowest BCUT2D eigenvalue weighted by Gasteiger charge is -2.37. The van der Waals surface area contributed by atoms with Crippen LogP contribution in [0.2, 0.25) is 0 Å². The molecule has 1 spiro atoms. The van der Waals surface area contributed by atoms with Crippen LogP contribution in [0, 0.1) is 0 Å². The first-order valence-electron chi connectivity index (χ1n) is 4.45. The molecule has 1 fully saturated rings. The predicted octanol–water partition coefficient (Wildman–Crippen LogP) is 0.357. The van der Waals surface area contributed by atoms with Gasteiger partial charge in [-0.3, -0.25) is 4.79 Å². The van der Waals surface area contributed by atoms with Crippen LogP contribution in [0.4, 0.5) is 0 Å². The van der Waals surface area contributed by atoms with Gasteiger partial charge >= 0.3 is 0 Å². The number of hydrogen-bond donors (Lipinski definition) is 1. The Labute approximate surface area is 76.1 Å². The van der Waals surface area contributed by atoms with Gasteiger partial charge in [-0.2, -0.15) is 0 Å². The molecule has 0 bridgehead atoms. The van der Waals surface area contributed by atoms with E-state index in [0.717, 1.165) is 12.8 Å². The molecule has 0 amide bonds. The molecule has 2 heterocycles. The fourth-order valence-electron chi connectivity index (χ4n) is 1.65. The van der Waals surface area contributed by atoms with E-state index in [1.54, 1.807) is 0 Å². The van der Waals surface area contributed by atoms with E-state index in [1.165, 1.54) is 12.2 Å². The van der Waals surface area contributed by atoms with Crippen LogP contribution in [0.1, 0.15) is 19.3 Å². The van der Waals surface area contributed by atoms with Crippen molar-refractivity contribution in [2.24, 2.45) is 0 Å². The van der Waals surface area contributed by atoms with Crippen molar-refractivity contribution in [3.8, 4) is 0 Å². The number of ketones is 1. The molecule has 2 atom stereocenters. The fourth-order valence-corrected chi connectivity index (χ4v) is 1.65. The van der Waals surface area contributed by atoms with E-state index in [-0.39, 0.29) is 5.78 Å². The third-order valence-corrected chi connectivity index (χ3v) is 2.33. The van der Waals surface area contributed by atoms with Crippen molar-refractivity contribution >= 4 is 5.78 Å². The molecule has 2 rings (SSSR count). The Bertz CT molecular complexity index is 240. The minimum absolute atomic E-state index is 0.197. The number of ether oxygens (including phenoxy) is 2. The molecule has 1 N–H and O–H groups in total. The van der Waals surface area contributed by atoms with Crippen LogP contribution >= 0.6 is 0 Å². The lowest BCUT2D eigenvalue weighted by atomic mass is 9.99. The second kappa shape index (κ2) is 3.21. The zero-order chi connectivity index (χ0) is 9.31. The normalized spacial score (nSPS) is 39.8. The Morgan fingerprint density at radius 2 is 2.38 bits per heavy atom. The summed E-state index contributed by atoms with van der Waals surface area (Å²) in [5, 5.41) is 9.20. The first-order valence-corrected chi connectivity index (χ1v) is 4.45. The molecule has 0 aromatic heterocycles. The molecule has 2 aliphatic rings. The summed E-state index contributed by atoms with van der Waals surface area (Å²) >= 11 is 0. The van der Waals surface area contributed by atoms with Crippen molar-refractivity contribution in [3.63, 3.8) is 0 Å². The molecule has 4 heteroatoms. The van der Waals surface area contributed by atoms with E-state index in [1.807, 2.05) is 0 Å². The molecule has 0 saturated carbocycles. The molecule has 13 heavy (non-hydrogen) atoms. The number of hydrogen-bond acceptors (Lipinski definition) is 4. The minimum atomic E-state index is -1.19. The molecule has 4 nitrogen and oxygen atoms in total. The Balaban J connectivity index is 2.19. The van der Waals surface area contributed by atoms with E-state index in [2.05, 4.69) is 0 Å². The molecule has 0 aromatic rings. The third-order valence-electron chi connectivity index (χ3n) is 2.33. The van der Waals surface area contributed by atoms with Crippen LogP contribution in [-0.4, -0.2) is 29.6 Å². The van der Waals surface area contributed by atoms with Crippen LogP contribution in [0.25, 0.3) is 0 Å². The fraction of sp³-hybridized carbons (Fsp3) is 0.667. The SMILES string of the molecule is O=C1C=CC(O)OC12CCCCO2. The summed E-state index contributed by atoms with van der Waals surface area (Å²) < 4.78 is 10.4. The van der Waals surface area contributed by atoms with Crippen LogP contribution < -0.4 is 0 Å². The highest BCUT2D eigenvalue weighted by Gasteiger charge is 2.44. The van der Waals surface area contributed by atoms with Gasteiger partial charge in [-0.25, -0.2) is 0 Å². The van der Waals surface area contributed by atoms with Gasteiger partial charge in [-0.1, -0.05) is 0 Å². The van der Waals surface area contributed by atoms with Gasteiger partial charge in [0.1, 0.15) is 0 Å². The van der Waals surface area contributed by atoms with E-state index < -0.39 is 12.1 Å². The van der Waals surface area contributed by atoms with Gasteiger partial charge < -0.3 is 14.6 Å². The van der Waals surface area contributed by atoms with Crippen LogP contribution in [0.5, 0.6) is 0 Å². The number of carbonyl (C=O) groups is 1. The van der Waals surface area contributed by atoms with Gasteiger partial charge in [-0.05, 0) is 25.0 Å². The first-order chi connectivity index (χ1) is 6.23. The summed E-state index contributed by atoms with van der Waals surface area (Å²) in [6, 6.07) is 0. The van der Waals surface area contributed by atoms with Crippen LogP contribution in [0.3, 0.4) is 0 Å². The standard InChI is InChI=1S/C9H12O4/c10-7-3-4-8(11)13-9(7)5-1-2-6-12-9/h3-4,8,11H,1-2,5-6H2. The Morgan fingerprint density at radius 1 is 1.54 bits per heavy atom. The summed E-state index contributed by atoms with van der Waals surface area (Å²) in [5.74, 6) is -1.38. The molecule has 0 aliphatic carbocycles. The molecule has 2 aliphatic heterocycles. The van der Waals surface area contributed by atoms with Gasteiger partial charge in [0.25, 0.3) is 0 Å². The topological polar surface area (TPSA) is 55.8 Å². The second-order valence-corrected chi connectivity index (χ2v) is 3.29. The molecule has 2 unspecified atom stereocenters. The third kappa shape index (κ3) is 1.52. The lowest BCUT2D eigenvalue weighted by molar-refractivity contribution is -0.285. The molecule has 0 aromatic carbocycles. The quantitative estimate of drug-likeness (QED) is 0.590. The zero-order valence-corrected chi connectivity index (χ0v) is 7.23. The van der Waals surface area contributed by atoms with Crippen molar-refractivity contribution in [1.82, 2.24) is 0 Å². The van der Waals surface area contributed by atoms with E-state index in [0.29, 0.717) is 13.0 Å². The molecular formula is C9H12O4. The smallest absolute Gasteiger partial charge is 0.235 e. The van der Waals surface area contributed by atoms with Gasteiger partial charge in [0.2, 0.25) is 11.6 Å². The number of aliphatic hydroxyl groups is 1. The average molecular weight is 184 g/mol. The summed E-state index contributed by atoms with van der Waals surface area (Å²) in [7, 11) is 0. The maximum Gasteiger partial charge on any atom is 0.235 e. The highest BCUT2D eigenvalue weighted by Crippen LogP contribution is 2.31. The van der Waals surface area contributed by atoms with Gasteiger partial charge in [0.05, 0.1) is 6.61 Å². The predicted molar refractivity (Wildman–Crippen MR) is 43.8 cm³/mol. The number of rotatable bonds is 0. The van der Waals surface area contributed by atoms with Crippen molar-refractivity contribution in [2.75, 3.05) is 6.61 Å². The van der Waals surface area contributed by atoms with Crippen LogP contribution in [0.15, 0.2) is 12.2 Å². The van der Waals surface area contributed by atoms with Gasteiger partial charge in [0, 0.05) is 6.42 Å². The lowest BCUT2D eigenvalue weighted by Crippen LogP contribution is -2.50. The zero-order valence-electron chi connectivity index (χ0n) is 7.23. The Morgan fingerprint density at radius 3 is 3.08 bits per heavy atom. The molecule has 1 saturated heterocycles.